The van der Waals surface area contributed by atoms with Gasteiger partial charge in [0, 0.05) is 24.9 Å². The van der Waals surface area contributed by atoms with Crippen molar-refractivity contribution < 1.29 is 8.91 Å². The highest BCUT2D eigenvalue weighted by molar-refractivity contribution is 14.1. The Kier molecular flexibility index (Phi) is 7.14. The minimum Gasteiger partial charge on any atom is -0.340 e. The van der Waals surface area contributed by atoms with Crippen molar-refractivity contribution in [2.24, 2.45) is 0 Å². The average Bonchev–Trinajstić information content (AvgIpc) is 3.46. The molecule has 4 aromatic rings. The summed E-state index contributed by atoms with van der Waals surface area (Å²) in [6.07, 6.45) is 3.58. The molecule has 0 aliphatic carbocycles. The Hall–Kier alpha value is -3.13. The molecule has 36 heavy (non-hydrogen) atoms. The van der Waals surface area contributed by atoms with Gasteiger partial charge in [0.15, 0.2) is 17.5 Å². The van der Waals surface area contributed by atoms with Crippen molar-refractivity contribution >= 4 is 45.9 Å². The van der Waals surface area contributed by atoms with Gasteiger partial charge in [0.2, 0.25) is 11.8 Å². The lowest BCUT2D eigenvalue weighted by atomic mass is 9.86. The van der Waals surface area contributed by atoms with Crippen molar-refractivity contribution in [3.63, 3.8) is 0 Å². The molecule has 188 valence electrons. The number of aromatic amines is 1. The maximum atomic E-state index is 15.2. The number of piperidine rings is 1. The summed E-state index contributed by atoms with van der Waals surface area (Å²) in [5.74, 6) is 2.83. The summed E-state index contributed by atoms with van der Waals surface area (Å²) in [5.41, 5.74) is 3.38. The van der Waals surface area contributed by atoms with Crippen LogP contribution in [0.1, 0.15) is 47.3 Å². The van der Waals surface area contributed by atoms with Crippen LogP contribution < -0.4 is 10.6 Å². The van der Waals surface area contributed by atoms with Crippen molar-refractivity contribution in [1.29, 1.82) is 0 Å². The van der Waals surface area contributed by atoms with Gasteiger partial charge in [-0.2, -0.15) is 15.1 Å². The van der Waals surface area contributed by atoms with E-state index < -0.39 is 0 Å². The molecule has 0 radical (unpaired) electrons. The lowest BCUT2D eigenvalue weighted by molar-refractivity contribution is 0.197. The quantitative estimate of drug-likeness (QED) is 0.247. The zero-order chi connectivity index (χ0) is 25.2. The van der Waals surface area contributed by atoms with Crippen LogP contribution in [0.3, 0.4) is 0 Å². The Morgan fingerprint density at radius 2 is 1.94 bits per heavy atom. The first-order valence-corrected chi connectivity index (χ1v) is 12.8. The smallest absolute Gasteiger partial charge is 0.229 e. The van der Waals surface area contributed by atoms with E-state index >= 15 is 4.39 Å². The van der Waals surface area contributed by atoms with E-state index in [0.29, 0.717) is 47.4 Å². The topological polar surface area (TPSA) is 121 Å². The molecule has 0 unspecified atom stereocenters. The van der Waals surface area contributed by atoms with E-state index in [2.05, 4.69) is 68.4 Å². The summed E-state index contributed by atoms with van der Waals surface area (Å²) >= 11 is 2.15. The van der Waals surface area contributed by atoms with E-state index in [0.717, 1.165) is 46.3 Å². The number of halogens is 2. The molecular weight excluding hydrogens is 576 g/mol. The third kappa shape index (κ3) is 5.64. The predicted octanol–water partition coefficient (Wildman–Crippen LogP) is 5.12. The van der Waals surface area contributed by atoms with E-state index in [1.165, 1.54) is 0 Å². The van der Waals surface area contributed by atoms with Gasteiger partial charge in [0.05, 0.1) is 15.8 Å². The number of hydrogen-bond donors (Lipinski definition) is 3. The molecule has 0 amide bonds. The van der Waals surface area contributed by atoms with Crippen LogP contribution in [0.4, 0.5) is 27.7 Å². The lowest BCUT2D eigenvalue weighted by Gasteiger charge is -2.32. The Morgan fingerprint density at radius 3 is 2.64 bits per heavy atom. The van der Waals surface area contributed by atoms with Crippen LogP contribution in [0.5, 0.6) is 0 Å². The van der Waals surface area contributed by atoms with Gasteiger partial charge in [-0.25, -0.2) is 9.37 Å². The van der Waals surface area contributed by atoms with Crippen LogP contribution in [-0.4, -0.2) is 48.3 Å². The van der Waals surface area contributed by atoms with Gasteiger partial charge in [-0.1, -0.05) is 5.16 Å². The molecule has 1 aliphatic rings. The van der Waals surface area contributed by atoms with Gasteiger partial charge >= 0.3 is 0 Å². The Bertz CT molecular complexity index is 1360. The van der Waals surface area contributed by atoms with Gasteiger partial charge in [-0.05, 0) is 91.5 Å². The van der Waals surface area contributed by atoms with Crippen LogP contribution in [-0.2, 0) is 6.54 Å². The SMILES string of the molecule is Cc1cc(Nc2nc(Nc3cc(C)c(C4CCN(Cc5noc(C)n5)CC4)cc3F)ncc2I)n[nH]1. The zero-order valence-corrected chi connectivity index (χ0v) is 22.4. The molecule has 3 N–H and O–H groups in total. The van der Waals surface area contributed by atoms with Gasteiger partial charge in [0.25, 0.3) is 0 Å². The number of likely N-dealkylation sites (tertiary alicyclic amines) is 1. The highest BCUT2D eigenvalue weighted by atomic mass is 127. The fourth-order valence-electron chi connectivity index (χ4n) is 4.48. The molecule has 4 heterocycles. The minimum absolute atomic E-state index is 0.305. The second-order valence-corrected chi connectivity index (χ2v) is 10.2. The molecule has 10 nitrogen and oxygen atoms in total. The molecule has 12 heteroatoms. The highest BCUT2D eigenvalue weighted by Crippen LogP contribution is 2.34. The molecule has 1 fully saturated rings. The molecule has 3 aromatic heterocycles. The third-order valence-electron chi connectivity index (χ3n) is 6.26. The summed E-state index contributed by atoms with van der Waals surface area (Å²) in [5, 5.41) is 17.3. The number of hydrogen-bond acceptors (Lipinski definition) is 9. The molecular formula is C24H27FIN9O. The average molecular weight is 603 g/mol. The second kappa shape index (κ2) is 10.5. The van der Waals surface area contributed by atoms with Crippen molar-refractivity contribution in [1.82, 2.24) is 35.2 Å². The highest BCUT2D eigenvalue weighted by Gasteiger charge is 2.24. The Labute approximate surface area is 221 Å². The number of H-pyrrole nitrogens is 1. The number of aryl methyl sites for hydroxylation is 3. The number of nitrogens with zero attached hydrogens (tertiary/aromatic N) is 6. The summed E-state index contributed by atoms with van der Waals surface area (Å²) < 4.78 is 21.1. The van der Waals surface area contributed by atoms with E-state index in [1.807, 2.05) is 26.0 Å². The van der Waals surface area contributed by atoms with Crippen LogP contribution in [0.25, 0.3) is 0 Å². The molecule has 1 aliphatic heterocycles. The summed E-state index contributed by atoms with van der Waals surface area (Å²) in [7, 11) is 0. The summed E-state index contributed by atoms with van der Waals surface area (Å²) in [6.45, 7) is 8.22. The lowest BCUT2D eigenvalue weighted by Crippen LogP contribution is -2.33. The third-order valence-corrected chi connectivity index (χ3v) is 7.05. The van der Waals surface area contributed by atoms with E-state index in [-0.39, 0.29) is 5.82 Å². The molecule has 0 atom stereocenters. The number of rotatable bonds is 7. The fourth-order valence-corrected chi connectivity index (χ4v) is 4.87. The minimum atomic E-state index is -0.320. The fraction of sp³-hybridized carbons (Fsp3) is 0.375. The molecule has 1 saturated heterocycles. The maximum absolute atomic E-state index is 15.2. The van der Waals surface area contributed by atoms with Crippen molar-refractivity contribution in [2.45, 2.75) is 46.1 Å². The van der Waals surface area contributed by atoms with E-state index in [4.69, 9.17) is 4.52 Å². The second-order valence-electron chi connectivity index (χ2n) is 9.05. The van der Waals surface area contributed by atoms with Crippen LogP contribution in [0.2, 0.25) is 0 Å². The Morgan fingerprint density at radius 1 is 1.14 bits per heavy atom. The molecule has 0 spiro atoms. The largest absolute Gasteiger partial charge is 0.340 e. The monoisotopic (exact) mass is 603 g/mol. The number of benzene rings is 1. The first-order chi connectivity index (χ1) is 17.3. The normalized spacial score (nSPS) is 14.8. The molecule has 5 rings (SSSR count). The number of anilines is 4. The van der Waals surface area contributed by atoms with Gasteiger partial charge in [0.1, 0.15) is 5.82 Å². The van der Waals surface area contributed by atoms with Crippen LogP contribution >= 0.6 is 22.6 Å². The van der Waals surface area contributed by atoms with E-state index in [1.54, 1.807) is 19.2 Å². The van der Waals surface area contributed by atoms with Crippen molar-refractivity contribution in [3.05, 3.63) is 62.3 Å². The van der Waals surface area contributed by atoms with Crippen LogP contribution in [0, 0.1) is 30.2 Å². The number of nitrogens with one attached hydrogen (secondary N) is 3. The van der Waals surface area contributed by atoms with Gasteiger partial charge in [-0.3, -0.25) is 10.00 Å². The predicted molar refractivity (Wildman–Crippen MR) is 142 cm³/mol. The van der Waals surface area contributed by atoms with Gasteiger partial charge in [-0.15, -0.1) is 0 Å². The summed E-state index contributed by atoms with van der Waals surface area (Å²) in [4.78, 5) is 15.4. The first kappa shape index (κ1) is 24.6. The zero-order valence-electron chi connectivity index (χ0n) is 20.3. The number of aromatic nitrogens is 6. The van der Waals surface area contributed by atoms with E-state index in [9.17, 15) is 0 Å². The maximum Gasteiger partial charge on any atom is 0.229 e. The van der Waals surface area contributed by atoms with Crippen LogP contribution in [0.15, 0.2) is 28.9 Å². The van der Waals surface area contributed by atoms with Crippen molar-refractivity contribution in [3.8, 4) is 0 Å². The summed E-state index contributed by atoms with van der Waals surface area (Å²) in [6, 6.07) is 5.37. The first-order valence-electron chi connectivity index (χ1n) is 11.7. The standard InChI is InChI=1S/C24H27FIN9O/c1-13-8-20(29-24-27-11-19(26)23(31-24)30-21-9-14(2)32-33-21)18(25)10-17(13)16-4-6-35(7-5-16)12-22-28-15(3)36-34-22/h8-11,16H,4-7,12H2,1-3H3,(H3,27,29,30,31,32,33). The van der Waals surface area contributed by atoms with Gasteiger partial charge < -0.3 is 15.2 Å². The Balaban J connectivity index is 1.25. The van der Waals surface area contributed by atoms with Crippen molar-refractivity contribution in [2.75, 3.05) is 23.7 Å². The molecule has 0 bridgehead atoms. The molecule has 0 saturated carbocycles. The molecule has 1 aromatic carbocycles.